The average Bonchev–Trinajstić information content (AvgIpc) is 3.01. The predicted molar refractivity (Wildman–Crippen MR) is 102 cm³/mol. The Labute approximate surface area is 154 Å². The number of hydrogen-bond acceptors (Lipinski definition) is 3. The Balaban J connectivity index is 1.72. The fourth-order valence-corrected chi connectivity index (χ4v) is 3.44. The molecule has 1 atom stereocenters. The van der Waals surface area contributed by atoms with Crippen LogP contribution in [-0.4, -0.2) is 23.3 Å². The number of amides is 2. The summed E-state index contributed by atoms with van der Waals surface area (Å²) in [5.74, 6) is -0.0917. The van der Waals surface area contributed by atoms with E-state index in [4.69, 9.17) is 0 Å². The van der Waals surface area contributed by atoms with E-state index in [1.165, 1.54) is 0 Å². The summed E-state index contributed by atoms with van der Waals surface area (Å²) in [6.45, 7) is 7.07. The van der Waals surface area contributed by atoms with Crippen molar-refractivity contribution in [2.24, 2.45) is 5.92 Å². The van der Waals surface area contributed by atoms with Crippen LogP contribution in [0.15, 0.2) is 42.6 Å². The molecule has 0 aliphatic carbocycles. The Bertz CT molecular complexity index is 802. The molecule has 1 N–H and O–H groups in total. The summed E-state index contributed by atoms with van der Waals surface area (Å²) < 4.78 is 0. The lowest BCUT2D eigenvalue weighted by Gasteiger charge is -2.24. The van der Waals surface area contributed by atoms with Crippen LogP contribution in [0.1, 0.15) is 43.0 Å². The van der Waals surface area contributed by atoms with Crippen molar-refractivity contribution in [2.75, 3.05) is 11.4 Å². The van der Waals surface area contributed by atoms with Gasteiger partial charge in [-0.1, -0.05) is 38.1 Å². The average molecular weight is 351 g/mol. The zero-order valence-corrected chi connectivity index (χ0v) is 15.5. The quantitative estimate of drug-likeness (QED) is 0.900. The summed E-state index contributed by atoms with van der Waals surface area (Å²) in [5, 5.41) is 2.91. The second-order valence-corrected chi connectivity index (χ2v) is 7.11. The van der Waals surface area contributed by atoms with Crippen molar-refractivity contribution in [1.82, 2.24) is 10.3 Å². The molecule has 1 unspecified atom stereocenters. The van der Waals surface area contributed by atoms with Crippen molar-refractivity contribution in [3.05, 3.63) is 59.4 Å². The number of carbonyl (C=O) groups excluding carboxylic acids is 2. The molecule has 1 saturated heterocycles. The Kier molecular flexibility index (Phi) is 5.35. The summed E-state index contributed by atoms with van der Waals surface area (Å²) in [6.07, 6.45) is 1.95. The third-order valence-electron chi connectivity index (χ3n) is 4.83. The van der Waals surface area contributed by atoms with Gasteiger partial charge in [-0.3, -0.25) is 14.6 Å². The number of pyridine rings is 1. The number of rotatable bonds is 5. The van der Waals surface area contributed by atoms with E-state index in [9.17, 15) is 9.59 Å². The summed E-state index contributed by atoms with van der Waals surface area (Å²) in [6, 6.07) is 11.7. The van der Waals surface area contributed by atoms with Gasteiger partial charge in [0.2, 0.25) is 11.8 Å². The van der Waals surface area contributed by atoms with Crippen molar-refractivity contribution >= 4 is 17.5 Å². The van der Waals surface area contributed by atoms with Crippen LogP contribution in [0, 0.1) is 12.8 Å². The van der Waals surface area contributed by atoms with Gasteiger partial charge in [0.1, 0.15) is 0 Å². The first kappa shape index (κ1) is 18.1. The molecule has 3 rings (SSSR count). The second-order valence-electron chi connectivity index (χ2n) is 7.11. The zero-order valence-electron chi connectivity index (χ0n) is 15.5. The fourth-order valence-electron chi connectivity index (χ4n) is 3.44. The maximum Gasteiger partial charge on any atom is 0.227 e. The van der Waals surface area contributed by atoms with E-state index < -0.39 is 0 Å². The minimum Gasteiger partial charge on any atom is -0.350 e. The summed E-state index contributed by atoms with van der Waals surface area (Å²) in [4.78, 5) is 31.1. The monoisotopic (exact) mass is 351 g/mol. The van der Waals surface area contributed by atoms with E-state index in [-0.39, 0.29) is 24.2 Å². The molecule has 0 spiro atoms. The fraction of sp³-hybridized carbons (Fsp3) is 0.381. The van der Waals surface area contributed by atoms with E-state index in [0.29, 0.717) is 19.0 Å². The number of para-hydroxylation sites is 1. The van der Waals surface area contributed by atoms with E-state index in [0.717, 1.165) is 22.5 Å². The van der Waals surface area contributed by atoms with E-state index in [2.05, 4.69) is 30.2 Å². The maximum atomic E-state index is 12.6. The van der Waals surface area contributed by atoms with Gasteiger partial charge in [0.15, 0.2) is 0 Å². The molecule has 1 aliphatic heterocycles. The topological polar surface area (TPSA) is 62.3 Å². The molecule has 2 heterocycles. The molecule has 136 valence electrons. The Morgan fingerprint density at radius 2 is 2.08 bits per heavy atom. The van der Waals surface area contributed by atoms with Gasteiger partial charge < -0.3 is 10.2 Å². The molecular weight excluding hydrogens is 326 g/mol. The highest BCUT2D eigenvalue weighted by molar-refractivity contribution is 6.01. The third-order valence-corrected chi connectivity index (χ3v) is 4.83. The smallest absolute Gasteiger partial charge is 0.227 e. The number of nitrogens with zero attached hydrogens (tertiary/aromatic N) is 2. The Morgan fingerprint density at radius 3 is 2.77 bits per heavy atom. The molecule has 1 aromatic heterocycles. The molecule has 5 nitrogen and oxygen atoms in total. The van der Waals surface area contributed by atoms with E-state index >= 15 is 0 Å². The number of anilines is 1. The highest BCUT2D eigenvalue weighted by Gasteiger charge is 2.36. The predicted octanol–water partition coefficient (Wildman–Crippen LogP) is 3.18. The van der Waals surface area contributed by atoms with Crippen molar-refractivity contribution < 1.29 is 9.59 Å². The standard InChI is InChI=1S/C21H25N3O2/c1-14(2)18-9-6-7-15(3)20(18)24-13-16(11-19(24)25)21(26)23-12-17-8-4-5-10-22-17/h4-10,14,16H,11-13H2,1-3H3,(H,23,26). The molecule has 0 bridgehead atoms. The van der Waals surface area contributed by atoms with Gasteiger partial charge in [-0.25, -0.2) is 0 Å². The second kappa shape index (κ2) is 7.68. The lowest BCUT2D eigenvalue weighted by molar-refractivity contribution is -0.126. The van der Waals surface area contributed by atoms with Crippen LogP contribution in [0.5, 0.6) is 0 Å². The Hall–Kier alpha value is -2.69. The number of aryl methyl sites for hydroxylation is 1. The number of aromatic nitrogens is 1. The lowest BCUT2D eigenvalue weighted by Crippen LogP contribution is -2.33. The molecule has 1 fully saturated rings. The molecule has 26 heavy (non-hydrogen) atoms. The largest absolute Gasteiger partial charge is 0.350 e. The third kappa shape index (κ3) is 3.77. The maximum absolute atomic E-state index is 12.6. The molecule has 5 heteroatoms. The van der Waals surface area contributed by atoms with Gasteiger partial charge >= 0.3 is 0 Å². The minimum atomic E-state index is -0.328. The van der Waals surface area contributed by atoms with Gasteiger partial charge in [0, 0.05) is 24.8 Å². The summed E-state index contributed by atoms with van der Waals surface area (Å²) >= 11 is 0. The zero-order chi connectivity index (χ0) is 18.7. The van der Waals surface area contributed by atoms with Gasteiger partial charge in [0.05, 0.1) is 18.2 Å². The number of nitrogens with one attached hydrogen (secondary N) is 1. The van der Waals surface area contributed by atoms with Gasteiger partial charge in [-0.05, 0) is 36.1 Å². The van der Waals surface area contributed by atoms with Crippen LogP contribution < -0.4 is 10.2 Å². The van der Waals surface area contributed by atoms with Crippen molar-refractivity contribution in [3.63, 3.8) is 0 Å². The number of carbonyl (C=O) groups is 2. The minimum absolute atomic E-state index is 0.0131. The number of benzene rings is 1. The SMILES string of the molecule is Cc1cccc(C(C)C)c1N1CC(C(=O)NCc2ccccn2)CC1=O. The van der Waals surface area contributed by atoms with E-state index in [1.807, 2.05) is 37.3 Å². The van der Waals surface area contributed by atoms with Crippen LogP contribution in [0.2, 0.25) is 0 Å². The van der Waals surface area contributed by atoms with Crippen LogP contribution in [0.3, 0.4) is 0 Å². The Morgan fingerprint density at radius 1 is 1.27 bits per heavy atom. The molecule has 2 aromatic rings. The van der Waals surface area contributed by atoms with Crippen molar-refractivity contribution in [3.8, 4) is 0 Å². The summed E-state index contributed by atoms with van der Waals surface area (Å²) in [5.41, 5.74) is 3.99. The van der Waals surface area contributed by atoms with Gasteiger partial charge in [0.25, 0.3) is 0 Å². The first-order valence-corrected chi connectivity index (χ1v) is 9.05. The first-order chi connectivity index (χ1) is 12.5. The number of hydrogen-bond donors (Lipinski definition) is 1. The van der Waals surface area contributed by atoms with Crippen molar-refractivity contribution in [1.29, 1.82) is 0 Å². The molecule has 0 radical (unpaired) electrons. The molecule has 1 aliphatic rings. The molecular formula is C21H25N3O2. The highest BCUT2D eigenvalue weighted by Crippen LogP contribution is 2.34. The normalized spacial score (nSPS) is 17.0. The van der Waals surface area contributed by atoms with Gasteiger partial charge in [-0.2, -0.15) is 0 Å². The lowest BCUT2D eigenvalue weighted by atomic mass is 9.97. The van der Waals surface area contributed by atoms with Crippen LogP contribution in [0.4, 0.5) is 5.69 Å². The van der Waals surface area contributed by atoms with Crippen LogP contribution in [-0.2, 0) is 16.1 Å². The molecule has 0 saturated carbocycles. The molecule has 1 aromatic carbocycles. The summed E-state index contributed by atoms with van der Waals surface area (Å²) in [7, 11) is 0. The van der Waals surface area contributed by atoms with E-state index in [1.54, 1.807) is 11.1 Å². The van der Waals surface area contributed by atoms with Crippen LogP contribution >= 0.6 is 0 Å². The van der Waals surface area contributed by atoms with Gasteiger partial charge in [-0.15, -0.1) is 0 Å². The highest BCUT2D eigenvalue weighted by atomic mass is 16.2. The van der Waals surface area contributed by atoms with Crippen LogP contribution in [0.25, 0.3) is 0 Å². The van der Waals surface area contributed by atoms with Crippen molar-refractivity contribution in [2.45, 2.75) is 39.7 Å². The molecule has 2 amide bonds. The first-order valence-electron chi connectivity index (χ1n) is 9.05.